The Labute approximate surface area is 163 Å². The number of methoxy groups -OCH3 is 1. The first-order valence-corrected chi connectivity index (χ1v) is 9.91. The molecule has 5 heteroatoms. The van der Waals surface area contributed by atoms with Crippen LogP contribution in [-0.2, 0) is 11.2 Å². The van der Waals surface area contributed by atoms with Crippen LogP contribution in [0.3, 0.4) is 0 Å². The minimum atomic E-state index is 0.0890. The van der Waals surface area contributed by atoms with Crippen molar-refractivity contribution in [1.29, 1.82) is 0 Å². The van der Waals surface area contributed by atoms with Gasteiger partial charge in [-0.15, -0.1) is 0 Å². The van der Waals surface area contributed by atoms with Gasteiger partial charge in [-0.1, -0.05) is 24.3 Å². The van der Waals surface area contributed by atoms with Crippen LogP contribution in [0, 0.1) is 0 Å². The average molecular weight is 418 g/mol. The molecule has 0 heterocycles. The maximum Gasteiger partial charge on any atom is 0.275 e. The molecule has 0 spiro atoms. The van der Waals surface area contributed by atoms with Crippen molar-refractivity contribution in [2.75, 3.05) is 13.7 Å². The van der Waals surface area contributed by atoms with E-state index in [9.17, 15) is 4.79 Å². The summed E-state index contributed by atoms with van der Waals surface area (Å²) in [6.45, 7) is 2.53. The zero-order valence-electron chi connectivity index (χ0n) is 15.3. The van der Waals surface area contributed by atoms with Crippen molar-refractivity contribution in [2.45, 2.75) is 38.3 Å². The van der Waals surface area contributed by atoms with Crippen LogP contribution >= 0.6 is 15.9 Å². The number of nitrogens with one attached hydrogen (secondary N) is 1. The summed E-state index contributed by atoms with van der Waals surface area (Å²) in [5, 5.41) is 5.28. The second-order valence-corrected chi connectivity index (χ2v) is 7.69. The molecule has 2 atom stereocenters. The predicted molar refractivity (Wildman–Crippen MR) is 106 cm³/mol. The first-order chi connectivity index (χ1) is 12.6. The van der Waals surface area contributed by atoms with Crippen molar-refractivity contribution in [2.24, 2.45) is 0 Å². The van der Waals surface area contributed by atoms with Crippen LogP contribution in [-0.4, -0.2) is 19.6 Å². The molecule has 0 bridgehead atoms. The largest absolute Gasteiger partial charge is 0.496 e. The predicted octanol–water partition coefficient (Wildman–Crippen LogP) is 3.28. The van der Waals surface area contributed by atoms with Gasteiger partial charge in [0, 0.05) is 5.56 Å². The van der Waals surface area contributed by atoms with Crippen LogP contribution in [0.15, 0.2) is 46.9 Å². The van der Waals surface area contributed by atoms with Gasteiger partial charge in [0.25, 0.3) is 5.91 Å². The topological polar surface area (TPSA) is 54.9 Å². The zero-order valence-corrected chi connectivity index (χ0v) is 16.9. The molecule has 2 aromatic rings. The van der Waals surface area contributed by atoms with E-state index in [-0.39, 0.29) is 18.0 Å². The molecule has 1 aliphatic rings. The van der Waals surface area contributed by atoms with Crippen LogP contribution in [0.2, 0.25) is 0 Å². The molecular formula is C21H26BrN2O2+. The number of amides is 1. The first-order valence-electron chi connectivity index (χ1n) is 9.12. The standard InChI is InChI=1S/C21H25BrN2O2/c1-14(16-10-11-20(26-2)18(22)12-16)23-13-21(25)24-19-9-5-7-15-6-3-4-8-17(15)19/h3-4,6,8,10-12,14,19,23H,5,7,9,13H2,1-2H3,(H,24,25)/p+1/t14-,19+/m0/s1. The molecule has 0 aromatic heterocycles. The summed E-state index contributed by atoms with van der Waals surface area (Å²) in [6, 6.07) is 14.8. The molecule has 0 saturated carbocycles. The number of quaternary nitrogens is 1. The van der Waals surface area contributed by atoms with E-state index >= 15 is 0 Å². The van der Waals surface area contributed by atoms with E-state index in [1.54, 1.807) is 7.11 Å². The molecule has 138 valence electrons. The second kappa shape index (κ2) is 8.69. The maximum absolute atomic E-state index is 12.5. The lowest BCUT2D eigenvalue weighted by atomic mass is 9.88. The lowest BCUT2D eigenvalue weighted by molar-refractivity contribution is -0.682. The fraction of sp³-hybridized carbons (Fsp3) is 0.381. The van der Waals surface area contributed by atoms with Crippen molar-refractivity contribution in [1.82, 2.24) is 5.32 Å². The second-order valence-electron chi connectivity index (χ2n) is 6.83. The summed E-state index contributed by atoms with van der Waals surface area (Å²) < 4.78 is 6.20. The Bertz CT molecular complexity index is 778. The minimum Gasteiger partial charge on any atom is -0.496 e. The monoisotopic (exact) mass is 417 g/mol. The fourth-order valence-corrected chi connectivity index (χ4v) is 4.10. The highest BCUT2D eigenvalue weighted by molar-refractivity contribution is 9.10. The Hall–Kier alpha value is -1.85. The van der Waals surface area contributed by atoms with E-state index in [2.05, 4.69) is 63.8 Å². The summed E-state index contributed by atoms with van der Waals surface area (Å²) >= 11 is 3.52. The van der Waals surface area contributed by atoms with Gasteiger partial charge in [0.1, 0.15) is 11.8 Å². The molecule has 26 heavy (non-hydrogen) atoms. The van der Waals surface area contributed by atoms with Gasteiger partial charge in [-0.3, -0.25) is 4.79 Å². The van der Waals surface area contributed by atoms with E-state index in [4.69, 9.17) is 4.74 Å². The Morgan fingerprint density at radius 3 is 2.92 bits per heavy atom. The van der Waals surface area contributed by atoms with Crippen molar-refractivity contribution < 1.29 is 14.8 Å². The summed E-state index contributed by atoms with van der Waals surface area (Å²) in [5.74, 6) is 0.904. The Kier molecular flexibility index (Phi) is 6.33. The molecule has 0 fully saturated rings. The number of hydrogen-bond acceptors (Lipinski definition) is 2. The third-order valence-corrected chi connectivity index (χ3v) is 5.68. The third kappa shape index (κ3) is 4.46. The molecule has 4 nitrogen and oxygen atoms in total. The average Bonchev–Trinajstić information content (AvgIpc) is 2.66. The van der Waals surface area contributed by atoms with Crippen LogP contribution < -0.4 is 15.4 Å². The number of carbonyl (C=O) groups is 1. The van der Waals surface area contributed by atoms with Crippen LogP contribution in [0.1, 0.15) is 48.5 Å². The van der Waals surface area contributed by atoms with Gasteiger partial charge in [-0.05, 0) is 71.4 Å². The number of ether oxygens (including phenoxy) is 1. The van der Waals surface area contributed by atoms with Crippen molar-refractivity contribution in [3.63, 3.8) is 0 Å². The summed E-state index contributed by atoms with van der Waals surface area (Å²) in [6.07, 6.45) is 3.25. The number of aryl methyl sites for hydroxylation is 1. The van der Waals surface area contributed by atoms with Gasteiger partial charge in [0.15, 0.2) is 6.54 Å². The van der Waals surface area contributed by atoms with Crippen molar-refractivity contribution in [3.8, 4) is 5.75 Å². The molecule has 1 amide bonds. The highest BCUT2D eigenvalue weighted by atomic mass is 79.9. The van der Waals surface area contributed by atoms with Gasteiger partial charge < -0.3 is 15.4 Å². The van der Waals surface area contributed by atoms with Crippen molar-refractivity contribution >= 4 is 21.8 Å². The molecule has 0 aliphatic heterocycles. The quantitative estimate of drug-likeness (QED) is 0.757. The number of fused-ring (bicyclic) bond motifs is 1. The van der Waals surface area contributed by atoms with E-state index in [0.29, 0.717) is 6.54 Å². The lowest BCUT2D eigenvalue weighted by Crippen LogP contribution is -2.87. The fourth-order valence-electron chi connectivity index (χ4n) is 3.54. The molecule has 3 N–H and O–H groups in total. The summed E-state index contributed by atoms with van der Waals surface area (Å²) in [5.41, 5.74) is 3.80. The molecular weight excluding hydrogens is 392 g/mol. The smallest absolute Gasteiger partial charge is 0.275 e. The van der Waals surface area contributed by atoms with Gasteiger partial charge in [0.05, 0.1) is 17.6 Å². The van der Waals surface area contributed by atoms with Crippen LogP contribution in [0.4, 0.5) is 0 Å². The van der Waals surface area contributed by atoms with Gasteiger partial charge in [-0.25, -0.2) is 0 Å². The third-order valence-electron chi connectivity index (χ3n) is 5.06. The number of halogens is 1. The van der Waals surface area contributed by atoms with Crippen LogP contribution in [0.25, 0.3) is 0 Å². The normalized spacial score (nSPS) is 17.3. The summed E-state index contributed by atoms with van der Waals surface area (Å²) in [7, 11) is 1.66. The SMILES string of the molecule is COc1ccc([C@H](C)[NH2+]CC(=O)N[C@@H]2CCCc3ccccc32)cc1Br. The maximum atomic E-state index is 12.5. The molecule has 2 aromatic carbocycles. The van der Waals surface area contributed by atoms with E-state index in [1.165, 1.54) is 11.1 Å². The molecule has 0 unspecified atom stereocenters. The van der Waals surface area contributed by atoms with Gasteiger partial charge in [0.2, 0.25) is 0 Å². The van der Waals surface area contributed by atoms with E-state index in [0.717, 1.165) is 35.0 Å². The molecule has 1 aliphatic carbocycles. The summed E-state index contributed by atoms with van der Waals surface area (Å²) in [4.78, 5) is 12.5. The van der Waals surface area contributed by atoms with E-state index < -0.39 is 0 Å². The molecule has 0 radical (unpaired) electrons. The number of hydrogen-bond donors (Lipinski definition) is 2. The number of nitrogens with two attached hydrogens (primary N) is 1. The lowest BCUT2D eigenvalue weighted by Gasteiger charge is -2.26. The Morgan fingerprint density at radius 2 is 2.15 bits per heavy atom. The number of carbonyl (C=O) groups excluding carboxylic acids is 1. The van der Waals surface area contributed by atoms with E-state index in [1.807, 2.05) is 12.1 Å². The number of rotatable bonds is 6. The zero-order chi connectivity index (χ0) is 18.5. The minimum absolute atomic E-state index is 0.0890. The molecule has 3 rings (SSSR count). The highest BCUT2D eigenvalue weighted by Gasteiger charge is 2.22. The van der Waals surface area contributed by atoms with Crippen molar-refractivity contribution in [3.05, 3.63) is 63.6 Å². The van der Waals surface area contributed by atoms with Crippen LogP contribution in [0.5, 0.6) is 5.75 Å². The van der Waals surface area contributed by atoms with Gasteiger partial charge >= 0.3 is 0 Å². The van der Waals surface area contributed by atoms with Gasteiger partial charge in [-0.2, -0.15) is 0 Å². The Balaban J connectivity index is 1.55. The highest BCUT2D eigenvalue weighted by Crippen LogP contribution is 2.29. The Morgan fingerprint density at radius 1 is 1.35 bits per heavy atom. The molecule has 0 saturated heterocycles. The number of benzene rings is 2. The first kappa shape index (κ1) is 18.9.